The van der Waals surface area contributed by atoms with Crippen molar-refractivity contribution in [3.8, 4) is 5.75 Å². The van der Waals surface area contributed by atoms with Crippen molar-refractivity contribution in [1.29, 1.82) is 0 Å². The largest absolute Gasteiger partial charge is 0.484 e. The number of carbonyl (C=O) groups excluding carboxylic acids is 2. The molecule has 4 rings (SSSR count). The van der Waals surface area contributed by atoms with E-state index in [1.165, 1.54) is 0 Å². The van der Waals surface area contributed by atoms with Crippen molar-refractivity contribution < 1.29 is 14.3 Å². The summed E-state index contributed by atoms with van der Waals surface area (Å²) in [4.78, 5) is 42.5. The predicted molar refractivity (Wildman–Crippen MR) is 145 cm³/mol. The number of fused-ring (bicyclic) bond motifs is 1. The topological polar surface area (TPSA) is 82.1 Å². The van der Waals surface area contributed by atoms with Gasteiger partial charge in [0.2, 0.25) is 11.9 Å². The lowest BCUT2D eigenvalue weighted by atomic mass is 10.1. The Morgan fingerprint density at radius 3 is 2.49 bits per heavy atom. The van der Waals surface area contributed by atoms with Gasteiger partial charge in [0.15, 0.2) is 6.61 Å². The Labute approximate surface area is 218 Å². The van der Waals surface area contributed by atoms with Crippen molar-refractivity contribution in [3.63, 3.8) is 0 Å². The maximum absolute atomic E-state index is 13.5. The Kier molecular flexibility index (Phi) is 8.56. The third-order valence-electron chi connectivity index (χ3n) is 6.36. The van der Waals surface area contributed by atoms with Crippen molar-refractivity contribution in [2.75, 3.05) is 61.6 Å². The Bertz CT molecular complexity index is 1200. The van der Waals surface area contributed by atoms with Crippen LogP contribution in [-0.4, -0.2) is 73.6 Å². The van der Waals surface area contributed by atoms with Gasteiger partial charge in [-0.3, -0.25) is 9.59 Å². The fourth-order valence-electron chi connectivity index (χ4n) is 4.37. The molecule has 1 aromatic heterocycles. The number of anilines is 3. The summed E-state index contributed by atoms with van der Waals surface area (Å²) in [5.41, 5.74) is 2.75. The van der Waals surface area contributed by atoms with Gasteiger partial charge in [-0.1, -0.05) is 24.3 Å². The van der Waals surface area contributed by atoms with Crippen molar-refractivity contribution in [1.82, 2.24) is 14.9 Å². The van der Waals surface area contributed by atoms with Gasteiger partial charge in [0, 0.05) is 83.6 Å². The molecule has 2 aromatic carbocycles. The zero-order valence-electron chi connectivity index (χ0n) is 21.7. The molecule has 0 N–H and O–H groups in total. The summed E-state index contributed by atoms with van der Waals surface area (Å²) in [6.07, 6.45) is 4.17. The van der Waals surface area contributed by atoms with Crippen molar-refractivity contribution in [2.24, 2.45) is 0 Å². The second-order valence-corrected chi connectivity index (χ2v) is 9.18. The van der Waals surface area contributed by atoms with E-state index in [9.17, 15) is 9.59 Å². The van der Waals surface area contributed by atoms with Crippen LogP contribution >= 0.6 is 0 Å². The SMILES string of the molecule is CC(=O)N1CCCN(c2ncccn2)CCN(C(=O)COc2cccc(N(C)C)c2)Cc2ccccc21. The summed E-state index contributed by atoms with van der Waals surface area (Å²) in [5.74, 6) is 1.08. The molecule has 3 aromatic rings. The smallest absolute Gasteiger partial charge is 0.260 e. The number of amides is 2. The zero-order valence-corrected chi connectivity index (χ0v) is 21.7. The second-order valence-electron chi connectivity index (χ2n) is 9.18. The van der Waals surface area contributed by atoms with E-state index in [0.717, 1.165) is 23.4 Å². The lowest BCUT2D eigenvalue weighted by Crippen LogP contribution is -2.41. The normalized spacial score (nSPS) is 14.4. The molecule has 194 valence electrons. The molecule has 0 unspecified atom stereocenters. The molecular formula is C28H34N6O3. The first-order valence-electron chi connectivity index (χ1n) is 12.5. The molecule has 1 aliphatic heterocycles. The molecule has 0 radical (unpaired) electrons. The summed E-state index contributed by atoms with van der Waals surface area (Å²) in [6, 6.07) is 17.2. The van der Waals surface area contributed by atoms with Crippen LogP contribution in [0.15, 0.2) is 67.0 Å². The van der Waals surface area contributed by atoms with Crippen LogP contribution in [-0.2, 0) is 16.1 Å². The van der Waals surface area contributed by atoms with Crippen LogP contribution in [0.2, 0.25) is 0 Å². The van der Waals surface area contributed by atoms with Gasteiger partial charge in [-0.2, -0.15) is 0 Å². The molecule has 0 aliphatic carbocycles. The number of hydrogen-bond donors (Lipinski definition) is 0. The van der Waals surface area contributed by atoms with Crippen LogP contribution in [0.1, 0.15) is 18.9 Å². The molecule has 0 spiro atoms. The molecule has 0 bridgehead atoms. The first-order valence-corrected chi connectivity index (χ1v) is 12.5. The second kappa shape index (κ2) is 12.2. The van der Waals surface area contributed by atoms with Gasteiger partial charge in [0.25, 0.3) is 5.91 Å². The number of benzene rings is 2. The molecular weight excluding hydrogens is 468 g/mol. The van der Waals surface area contributed by atoms with E-state index in [1.54, 1.807) is 35.2 Å². The van der Waals surface area contributed by atoms with Crippen molar-refractivity contribution >= 4 is 29.1 Å². The van der Waals surface area contributed by atoms with E-state index < -0.39 is 0 Å². The number of carbonyl (C=O) groups is 2. The summed E-state index contributed by atoms with van der Waals surface area (Å²) in [7, 11) is 3.92. The molecule has 0 saturated heterocycles. The summed E-state index contributed by atoms with van der Waals surface area (Å²) in [6.45, 7) is 4.11. The number of ether oxygens (including phenoxy) is 1. The first kappa shape index (κ1) is 25.9. The fourth-order valence-corrected chi connectivity index (χ4v) is 4.37. The highest BCUT2D eigenvalue weighted by Gasteiger charge is 2.23. The summed E-state index contributed by atoms with van der Waals surface area (Å²) >= 11 is 0. The van der Waals surface area contributed by atoms with Crippen molar-refractivity contribution in [3.05, 3.63) is 72.6 Å². The number of para-hydroxylation sites is 1. The number of aromatic nitrogens is 2. The van der Waals surface area contributed by atoms with Crippen LogP contribution in [0.4, 0.5) is 17.3 Å². The third kappa shape index (κ3) is 6.75. The molecule has 1 aliphatic rings. The van der Waals surface area contributed by atoms with E-state index in [2.05, 4.69) is 14.9 Å². The van der Waals surface area contributed by atoms with Crippen molar-refractivity contribution in [2.45, 2.75) is 19.9 Å². The summed E-state index contributed by atoms with van der Waals surface area (Å²) in [5, 5.41) is 0. The molecule has 0 fully saturated rings. The summed E-state index contributed by atoms with van der Waals surface area (Å²) < 4.78 is 5.90. The highest BCUT2D eigenvalue weighted by molar-refractivity contribution is 5.92. The van der Waals surface area contributed by atoms with Gasteiger partial charge in [-0.15, -0.1) is 0 Å². The van der Waals surface area contributed by atoms with E-state index in [4.69, 9.17) is 4.74 Å². The van der Waals surface area contributed by atoms with Gasteiger partial charge in [-0.25, -0.2) is 9.97 Å². The lowest BCUT2D eigenvalue weighted by molar-refractivity contribution is -0.133. The minimum absolute atomic E-state index is 0.0313. The van der Waals surface area contributed by atoms with Crippen LogP contribution in [0.3, 0.4) is 0 Å². The molecule has 2 amide bonds. The highest BCUT2D eigenvalue weighted by Crippen LogP contribution is 2.24. The third-order valence-corrected chi connectivity index (χ3v) is 6.36. The van der Waals surface area contributed by atoms with E-state index >= 15 is 0 Å². The zero-order chi connectivity index (χ0) is 26.2. The standard InChI is InChI=1S/C28H34N6O3/c1-22(35)34-16-8-15-32(28-29-13-7-14-30-28)17-18-33(20-23-9-4-5-12-26(23)34)27(36)21-37-25-11-6-10-24(19-25)31(2)3/h4-7,9-14,19H,8,15-18,20-21H2,1-3H3. The Morgan fingerprint density at radius 2 is 1.73 bits per heavy atom. The van der Waals surface area contributed by atoms with Crippen LogP contribution in [0.25, 0.3) is 0 Å². The van der Waals surface area contributed by atoms with E-state index in [1.807, 2.05) is 67.5 Å². The molecule has 9 heteroatoms. The van der Waals surface area contributed by atoms with Crippen LogP contribution < -0.4 is 19.4 Å². The number of rotatable bonds is 5. The minimum atomic E-state index is -0.132. The maximum Gasteiger partial charge on any atom is 0.260 e. The number of nitrogens with zero attached hydrogens (tertiary/aromatic N) is 6. The molecule has 0 atom stereocenters. The van der Waals surface area contributed by atoms with Gasteiger partial charge in [0.05, 0.1) is 0 Å². The maximum atomic E-state index is 13.5. The molecule has 9 nitrogen and oxygen atoms in total. The minimum Gasteiger partial charge on any atom is -0.484 e. The van der Waals surface area contributed by atoms with Crippen LogP contribution in [0.5, 0.6) is 5.75 Å². The monoisotopic (exact) mass is 502 g/mol. The first-order chi connectivity index (χ1) is 17.9. The highest BCUT2D eigenvalue weighted by atomic mass is 16.5. The molecule has 0 saturated carbocycles. The Balaban J connectivity index is 1.59. The van der Waals surface area contributed by atoms with Gasteiger partial charge < -0.3 is 24.3 Å². The quantitative estimate of drug-likeness (QED) is 0.530. The van der Waals surface area contributed by atoms with E-state index in [0.29, 0.717) is 44.4 Å². The van der Waals surface area contributed by atoms with Crippen LogP contribution in [0, 0.1) is 0 Å². The average molecular weight is 503 g/mol. The average Bonchev–Trinajstić information content (AvgIpc) is 2.95. The van der Waals surface area contributed by atoms with Gasteiger partial charge >= 0.3 is 0 Å². The van der Waals surface area contributed by atoms with Gasteiger partial charge in [0.1, 0.15) is 5.75 Å². The Morgan fingerprint density at radius 1 is 0.946 bits per heavy atom. The molecule has 37 heavy (non-hydrogen) atoms. The lowest BCUT2D eigenvalue weighted by Gasteiger charge is -2.28. The Hall–Kier alpha value is -4.14. The van der Waals surface area contributed by atoms with E-state index in [-0.39, 0.29) is 18.4 Å². The number of hydrogen-bond acceptors (Lipinski definition) is 7. The fraction of sp³-hybridized carbons (Fsp3) is 0.357. The predicted octanol–water partition coefficient (Wildman–Crippen LogP) is 3.21. The van der Waals surface area contributed by atoms with Gasteiger partial charge in [-0.05, 0) is 36.2 Å². The molecule has 2 heterocycles.